The van der Waals surface area contributed by atoms with Crippen LogP contribution in [0.4, 0.5) is 0 Å². The minimum Gasteiger partial charge on any atom is -0.456 e. The van der Waals surface area contributed by atoms with Crippen LogP contribution in [0.15, 0.2) is 61.2 Å². The van der Waals surface area contributed by atoms with Gasteiger partial charge in [0.05, 0.1) is 56.7 Å². The van der Waals surface area contributed by atoms with Crippen LogP contribution >= 0.6 is 0 Å². The van der Waals surface area contributed by atoms with Crippen LogP contribution in [0, 0.1) is 0 Å². The zero-order valence-electron chi connectivity index (χ0n) is 25.9. The van der Waals surface area contributed by atoms with Gasteiger partial charge in [-0.2, -0.15) is 0 Å². The molecule has 1 fully saturated rings. The molecule has 1 aliphatic heterocycles. The molecule has 4 aromatic rings. The van der Waals surface area contributed by atoms with Crippen molar-refractivity contribution in [2.24, 2.45) is 0 Å². The minimum absolute atomic E-state index is 0.0386. The van der Waals surface area contributed by atoms with Gasteiger partial charge in [-0.1, -0.05) is 22.6 Å². The fourth-order valence-electron chi connectivity index (χ4n) is 4.82. The van der Waals surface area contributed by atoms with Gasteiger partial charge in [-0.3, -0.25) is 24.4 Å². The summed E-state index contributed by atoms with van der Waals surface area (Å²) in [5.41, 5.74) is 2.52. The van der Waals surface area contributed by atoms with Crippen molar-refractivity contribution in [3.8, 4) is 22.8 Å². The van der Waals surface area contributed by atoms with Crippen LogP contribution in [-0.2, 0) is 55.9 Å². The quantitative estimate of drug-likeness (QED) is 0.107. The first kappa shape index (κ1) is 33.2. The normalized spacial score (nSPS) is 20.8. The average Bonchev–Trinajstić information content (AvgIpc) is 3.73. The molecule has 0 bridgehead atoms. The summed E-state index contributed by atoms with van der Waals surface area (Å²) in [7, 11) is 0. The molecule has 0 aromatic carbocycles. The van der Waals surface area contributed by atoms with E-state index in [1.54, 1.807) is 40.2 Å². The third-order valence-electron chi connectivity index (χ3n) is 6.78. The molecule has 4 aromatic heterocycles. The lowest BCUT2D eigenvalue weighted by atomic mass is 9.98. The zero-order valence-corrected chi connectivity index (χ0v) is 25.9. The van der Waals surface area contributed by atoms with Gasteiger partial charge < -0.3 is 28.4 Å². The van der Waals surface area contributed by atoms with E-state index in [1.807, 2.05) is 30.3 Å². The highest BCUT2D eigenvalue weighted by Crippen LogP contribution is 2.30. The smallest absolute Gasteiger partial charge is 0.303 e. The van der Waals surface area contributed by atoms with Crippen LogP contribution in [0.2, 0.25) is 0 Å². The number of hydrogen-bond donors (Lipinski definition) is 0. The first-order chi connectivity index (χ1) is 22.8. The molecule has 0 N–H and O–H groups in total. The lowest BCUT2D eigenvalue weighted by molar-refractivity contribution is -0.309. The number of carbonyl (C=O) groups excluding carboxylic acids is 3. The van der Waals surface area contributed by atoms with Crippen LogP contribution in [0.1, 0.15) is 20.8 Å². The van der Waals surface area contributed by atoms with Crippen molar-refractivity contribution in [2.75, 3.05) is 19.8 Å². The van der Waals surface area contributed by atoms with Crippen LogP contribution in [0.3, 0.4) is 0 Å². The van der Waals surface area contributed by atoms with Crippen molar-refractivity contribution in [3.63, 3.8) is 0 Å². The van der Waals surface area contributed by atoms with Gasteiger partial charge in [-0.05, 0) is 24.3 Å². The van der Waals surface area contributed by atoms with Gasteiger partial charge in [-0.15, -0.1) is 10.2 Å². The first-order valence-corrected chi connectivity index (χ1v) is 14.8. The summed E-state index contributed by atoms with van der Waals surface area (Å²) in [4.78, 5) is 44.9. The lowest BCUT2D eigenvalue weighted by Crippen LogP contribution is -2.63. The maximum absolute atomic E-state index is 12.2. The summed E-state index contributed by atoms with van der Waals surface area (Å²) in [5.74, 6) is -2.04. The highest BCUT2D eigenvalue weighted by molar-refractivity contribution is 5.68. The Labute approximate surface area is 269 Å². The van der Waals surface area contributed by atoms with Crippen molar-refractivity contribution < 1.29 is 42.8 Å². The minimum atomic E-state index is -1.27. The molecule has 1 aliphatic rings. The second-order valence-corrected chi connectivity index (χ2v) is 10.4. The van der Waals surface area contributed by atoms with Crippen molar-refractivity contribution in [2.45, 2.75) is 64.6 Å². The van der Waals surface area contributed by atoms with Gasteiger partial charge >= 0.3 is 17.9 Å². The number of carbonyl (C=O) groups is 3. The summed E-state index contributed by atoms with van der Waals surface area (Å²) in [6, 6.07) is 10.9. The van der Waals surface area contributed by atoms with Gasteiger partial charge in [0.2, 0.25) is 0 Å². The monoisotopic (exact) mass is 650 g/mol. The lowest BCUT2D eigenvalue weighted by Gasteiger charge is -2.44. The maximum atomic E-state index is 12.2. The van der Waals surface area contributed by atoms with E-state index in [0.717, 1.165) is 0 Å². The van der Waals surface area contributed by atoms with Gasteiger partial charge in [-0.25, -0.2) is 9.36 Å². The van der Waals surface area contributed by atoms with E-state index in [1.165, 1.54) is 20.8 Å². The molecule has 0 aliphatic carbocycles. The largest absolute Gasteiger partial charge is 0.456 e. The molecule has 0 spiro atoms. The van der Waals surface area contributed by atoms with E-state index < -0.39 is 48.6 Å². The maximum Gasteiger partial charge on any atom is 0.303 e. The van der Waals surface area contributed by atoms with Gasteiger partial charge in [0.1, 0.15) is 17.5 Å². The van der Waals surface area contributed by atoms with Gasteiger partial charge in [0.25, 0.3) is 0 Å². The molecule has 1 saturated heterocycles. The summed E-state index contributed by atoms with van der Waals surface area (Å²) >= 11 is 0. The molecule has 17 heteroatoms. The number of nitrogens with zero attached hydrogens (tertiary/aromatic N) is 8. The van der Waals surface area contributed by atoms with Crippen molar-refractivity contribution in [1.82, 2.24) is 40.0 Å². The molecule has 5 heterocycles. The Morgan fingerprint density at radius 2 is 1.23 bits per heavy atom. The molecule has 5 atom stereocenters. The zero-order chi connectivity index (χ0) is 33.2. The molecule has 0 saturated carbocycles. The molecule has 17 nitrogen and oxygen atoms in total. The Morgan fingerprint density at radius 1 is 0.702 bits per heavy atom. The van der Waals surface area contributed by atoms with E-state index in [9.17, 15) is 14.4 Å². The molecule has 5 rings (SSSR count). The SMILES string of the molecule is CC(=O)O[C@@H]1[C@@H](OC(C)=O)[C@H](OCCn2cc(-c3ccccn3)nn2)O[C@H](COCCn2cc(-c3ccccn3)nn2)[C@H]1OC(C)=O. The molecule has 248 valence electrons. The van der Waals surface area contributed by atoms with E-state index in [0.29, 0.717) is 29.3 Å². The van der Waals surface area contributed by atoms with Crippen LogP contribution < -0.4 is 0 Å². The van der Waals surface area contributed by atoms with Crippen molar-refractivity contribution in [1.29, 1.82) is 0 Å². The number of hydrogen-bond acceptors (Lipinski definition) is 15. The second-order valence-electron chi connectivity index (χ2n) is 10.4. The third kappa shape index (κ3) is 9.21. The van der Waals surface area contributed by atoms with E-state index in [4.69, 9.17) is 28.4 Å². The summed E-state index contributed by atoms with van der Waals surface area (Å²) in [6.45, 7) is 4.29. The third-order valence-corrected chi connectivity index (χ3v) is 6.78. The topological polar surface area (TPSA) is 194 Å². The Bertz CT molecular complexity index is 1620. The van der Waals surface area contributed by atoms with E-state index in [2.05, 4.69) is 30.6 Å². The fraction of sp³-hybridized carbons (Fsp3) is 0.433. The number of aromatic nitrogens is 8. The molecule has 47 heavy (non-hydrogen) atoms. The summed E-state index contributed by atoms with van der Waals surface area (Å²) < 4.78 is 37.8. The van der Waals surface area contributed by atoms with E-state index >= 15 is 0 Å². The van der Waals surface area contributed by atoms with E-state index in [-0.39, 0.29) is 26.4 Å². The molecule has 0 amide bonds. The Kier molecular flexibility index (Phi) is 11.3. The summed E-state index contributed by atoms with van der Waals surface area (Å²) in [5, 5.41) is 16.5. The van der Waals surface area contributed by atoms with Gasteiger partial charge in [0.15, 0.2) is 24.6 Å². The first-order valence-electron chi connectivity index (χ1n) is 14.8. The molecule has 0 radical (unpaired) electrons. The second kappa shape index (κ2) is 15.9. The van der Waals surface area contributed by atoms with Crippen LogP contribution in [-0.4, -0.2) is 108 Å². The number of rotatable bonds is 14. The Morgan fingerprint density at radius 3 is 1.77 bits per heavy atom. The highest BCUT2D eigenvalue weighted by Gasteiger charge is 2.52. The fourth-order valence-corrected chi connectivity index (χ4v) is 4.82. The predicted octanol–water partition coefficient (Wildman–Crippen LogP) is 1.25. The van der Waals surface area contributed by atoms with Crippen molar-refractivity contribution in [3.05, 3.63) is 61.2 Å². The molecule has 0 unspecified atom stereocenters. The average molecular weight is 651 g/mol. The Hall–Kier alpha value is -5.13. The van der Waals surface area contributed by atoms with Crippen molar-refractivity contribution >= 4 is 17.9 Å². The number of pyridine rings is 2. The van der Waals surface area contributed by atoms with Gasteiger partial charge in [0, 0.05) is 33.2 Å². The Balaban J connectivity index is 1.26. The summed E-state index contributed by atoms with van der Waals surface area (Å²) in [6.07, 6.45) is 0.872. The highest BCUT2D eigenvalue weighted by atomic mass is 16.7. The predicted molar refractivity (Wildman–Crippen MR) is 159 cm³/mol. The van der Waals surface area contributed by atoms with Crippen LogP contribution in [0.25, 0.3) is 22.8 Å². The molecular formula is C30H34N8O9. The molecular weight excluding hydrogens is 616 g/mol. The standard InChI is InChI=1S/C30H34N8O9/c1-19(39)44-27-26(18-42-14-12-37-16-24(33-35-37)22-8-4-6-10-31-22)47-30(29(46-21(3)41)28(27)45-20(2)40)43-15-13-38-17-25(34-36-38)23-9-5-7-11-32-23/h4-11,16-17,26-30H,12-15,18H2,1-3H3/t26-,27-,28+,29-,30-/m1/s1. The van der Waals surface area contributed by atoms with Crippen LogP contribution in [0.5, 0.6) is 0 Å². The number of esters is 3. The number of ether oxygens (including phenoxy) is 6.